The molecule has 136 valence electrons. The molecule has 1 N–H and O–H groups in total. The number of unbranched alkanes of at least 4 members (excludes halogenated alkanes) is 1. The standard InChI is InChI=1S/C17H15ClN2O6/c1-9(21)24-6-2-3-7-25-12-5-4-10-8-11-15(22)19-17(23)20-16(11)26-14(10)13(12)18/h4-5,8H,2-3,6-7H2,1H3,(H,19,22,23). The number of nitrogens with one attached hydrogen (secondary N) is 1. The van der Waals surface area contributed by atoms with Crippen LogP contribution in [0.2, 0.25) is 5.02 Å². The molecule has 0 unspecified atom stereocenters. The number of hydrogen-bond acceptors (Lipinski definition) is 7. The maximum absolute atomic E-state index is 11.8. The van der Waals surface area contributed by atoms with Gasteiger partial charge in [0.15, 0.2) is 5.58 Å². The lowest BCUT2D eigenvalue weighted by Gasteiger charge is -2.11. The first-order valence-corrected chi connectivity index (χ1v) is 8.26. The molecule has 0 saturated heterocycles. The summed E-state index contributed by atoms with van der Waals surface area (Å²) in [5.74, 6) is -0.000338. The van der Waals surface area contributed by atoms with E-state index in [4.69, 9.17) is 25.5 Å². The smallest absolute Gasteiger partial charge is 0.351 e. The summed E-state index contributed by atoms with van der Waals surface area (Å²) in [6.07, 6.45) is 1.34. The zero-order valence-electron chi connectivity index (χ0n) is 13.8. The number of carbonyl (C=O) groups excluding carboxylic acids is 1. The molecular formula is C17H15ClN2O6. The number of fused-ring (bicyclic) bond motifs is 2. The van der Waals surface area contributed by atoms with Gasteiger partial charge < -0.3 is 13.9 Å². The Morgan fingerprint density at radius 1 is 1.27 bits per heavy atom. The second-order valence-corrected chi connectivity index (χ2v) is 5.91. The van der Waals surface area contributed by atoms with E-state index in [1.54, 1.807) is 18.2 Å². The van der Waals surface area contributed by atoms with Crippen LogP contribution < -0.4 is 16.0 Å². The van der Waals surface area contributed by atoms with Gasteiger partial charge in [-0.1, -0.05) is 11.6 Å². The van der Waals surface area contributed by atoms with Crippen molar-refractivity contribution in [2.24, 2.45) is 0 Å². The van der Waals surface area contributed by atoms with Crippen molar-refractivity contribution in [1.29, 1.82) is 0 Å². The fourth-order valence-corrected chi connectivity index (χ4v) is 2.65. The number of benzene rings is 1. The fourth-order valence-electron chi connectivity index (χ4n) is 2.38. The molecule has 1 aromatic carbocycles. The van der Waals surface area contributed by atoms with Crippen LogP contribution in [0, 0.1) is 0 Å². The van der Waals surface area contributed by atoms with Crippen LogP contribution in [-0.4, -0.2) is 29.2 Å². The summed E-state index contributed by atoms with van der Waals surface area (Å²) in [7, 11) is 0. The first-order chi connectivity index (χ1) is 12.5. The molecule has 0 amide bonds. The van der Waals surface area contributed by atoms with Gasteiger partial charge in [0.25, 0.3) is 5.56 Å². The maximum Gasteiger partial charge on any atom is 0.351 e. The van der Waals surface area contributed by atoms with Crippen molar-refractivity contribution in [2.45, 2.75) is 19.8 Å². The number of halogens is 1. The predicted molar refractivity (Wildman–Crippen MR) is 93.9 cm³/mol. The van der Waals surface area contributed by atoms with Crippen molar-refractivity contribution in [3.63, 3.8) is 0 Å². The van der Waals surface area contributed by atoms with E-state index in [-0.39, 0.29) is 28.0 Å². The van der Waals surface area contributed by atoms with Crippen LogP contribution in [0.3, 0.4) is 0 Å². The van der Waals surface area contributed by atoms with E-state index in [1.165, 1.54) is 6.92 Å². The number of hydrogen-bond donors (Lipinski definition) is 1. The second kappa shape index (κ2) is 7.57. The molecule has 9 heteroatoms. The number of rotatable bonds is 6. The Balaban J connectivity index is 1.81. The van der Waals surface area contributed by atoms with Crippen LogP contribution in [0.1, 0.15) is 19.8 Å². The quantitative estimate of drug-likeness (QED) is 0.398. The molecule has 0 atom stereocenters. The van der Waals surface area contributed by atoms with E-state index >= 15 is 0 Å². The van der Waals surface area contributed by atoms with E-state index in [0.717, 1.165) is 0 Å². The molecule has 0 fully saturated rings. The van der Waals surface area contributed by atoms with E-state index < -0.39 is 11.2 Å². The van der Waals surface area contributed by atoms with Crippen LogP contribution in [0.15, 0.2) is 32.2 Å². The summed E-state index contributed by atoms with van der Waals surface area (Å²) in [6.45, 7) is 2.07. The van der Waals surface area contributed by atoms with Crippen LogP contribution in [-0.2, 0) is 9.53 Å². The van der Waals surface area contributed by atoms with Gasteiger partial charge >= 0.3 is 11.7 Å². The average molecular weight is 379 g/mol. The third-order valence-corrected chi connectivity index (χ3v) is 3.95. The molecule has 3 rings (SSSR count). The number of esters is 1. The number of aromatic nitrogens is 2. The number of nitrogens with zero attached hydrogens (tertiary/aromatic N) is 1. The van der Waals surface area contributed by atoms with Gasteiger partial charge in [-0.3, -0.25) is 14.6 Å². The van der Waals surface area contributed by atoms with E-state index in [0.29, 0.717) is 37.2 Å². The lowest BCUT2D eigenvalue weighted by atomic mass is 10.1. The second-order valence-electron chi connectivity index (χ2n) is 5.53. The highest BCUT2D eigenvalue weighted by molar-refractivity contribution is 6.36. The Hall–Kier alpha value is -2.87. The van der Waals surface area contributed by atoms with Gasteiger partial charge in [0.05, 0.1) is 13.2 Å². The zero-order valence-corrected chi connectivity index (χ0v) is 14.6. The summed E-state index contributed by atoms with van der Waals surface area (Å²) >= 11 is 6.32. The van der Waals surface area contributed by atoms with Gasteiger partial charge in [-0.05, 0) is 31.0 Å². The minimum Gasteiger partial charge on any atom is -0.492 e. The summed E-state index contributed by atoms with van der Waals surface area (Å²) in [4.78, 5) is 39.6. The predicted octanol–water partition coefficient (Wildman–Crippen LogP) is 2.36. The molecule has 0 aromatic heterocycles. The van der Waals surface area contributed by atoms with E-state index in [1.807, 2.05) is 0 Å². The highest BCUT2D eigenvalue weighted by atomic mass is 35.5. The first-order valence-electron chi connectivity index (χ1n) is 7.88. The molecule has 2 aliphatic heterocycles. The van der Waals surface area contributed by atoms with Crippen LogP contribution in [0.4, 0.5) is 0 Å². The molecule has 2 heterocycles. The fraction of sp³-hybridized carbons (Fsp3) is 0.294. The maximum atomic E-state index is 11.8. The molecule has 8 nitrogen and oxygen atoms in total. The van der Waals surface area contributed by atoms with Crippen molar-refractivity contribution in [2.75, 3.05) is 13.2 Å². The first kappa shape index (κ1) is 17.9. The molecule has 0 spiro atoms. The SMILES string of the molecule is CC(=O)OCCCCOc1ccc2cc3c(=O)[nH]c(=O)nc-3oc2c1Cl. The molecular weight excluding hydrogens is 364 g/mol. The number of ether oxygens (including phenoxy) is 2. The third kappa shape index (κ3) is 3.85. The zero-order chi connectivity index (χ0) is 18.7. The summed E-state index contributed by atoms with van der Waals surface area (Å²) in [5.41, 5.74) is -0.932. The largest absolute Gasteiger partial charge is 0.492 e. The number of aromatic amines is 1. The van der Waals surface area contributed by atoms with Crippen molar-refractivity contribution in [3.8, 4) is 17.2 Å². The Labute approximate surface area is 152 Å². The summed E-state index contributed by atoms with van der Waals surface area (Å²) < 4.78 is 16.0. The highest BCUT2D eigenvalue weighted by Gasteiger charge is 2.17. The molecule has 0 radical (unpaired) electrons. The molecule has 26 heavy (non-hydrogen) atoms. The van der Waals surface area contributed by atoms with Gasteiger partial charge in [0, 0.05) is 12.3 Å². The molecule has 0 saturated carbocycles. The molecule has 1 aromatic rings. The summed E-state index contributed by atoms with van der Waals surface area (Å²) in [6, 6.07) is 4.92. The van der Waals surface area contributed by atoms with Gasteiger partial charge in [0.1, 0.15) is 16.3 Å². The van der Waals surface area contributed by atoms with Gasteiger partial charge in [-0.2, -0.15) is 4.98 Å². The van der Waals surface area contributed by atoms with Crippen LogP contribution in [0.25, 0.3) is 22.4 Å². The minimum atomic E-state index is -0.790. The van der Waals surface area contributed by atoms with Crippen molar-refractivity contribution in [3.05, 3.63) is 44.1 Å². The van der Waals surface area contributed by atoms with Crippen molar-refractivity contribution in [1.82, 2.24) is 9.97 Å². The lowest BCUT2D eigenvalue weighted by molar-refractivity contribution is -0.141. The van der Waals surface area contributed by atoms with E-state index in [9.17, 15) is 14.4 Å². The summed E-state index contributed by atoms with van der Waals surface area (Å²) in [5, 5.41) is 0.801. The van der Waals surface area contributed by atoms with E-state index in [2.05, 4.69) is 9.97 Å². The Bertz CT molecular complexity index is 1040. The van der Waals surface area contributed by atoms with Crippen molar-refractivity contribution < 1.29 is 18.7 Å². The third-order valence-electron chi connectivity index (χ3n) is 3.59. The molecule has 2 aliphatic rings. The molecule has 0 bridgehead atoms. The topological polar surface area (TPSA) is 111 Å². The highest BCUT2D eigenvalue weighted by Crippen LogP contribution is 2.35. The lowest BCUT2D eigenvalue weighted by Crippen LogP contribution is -2.24. The van der Waals surface area contributed by atoms with Crippen molar-refractivity contribution >= 4 is 28.5 Å². The normalized spacial score (nSPS) is 11.0. The number of H-pyrrole nitrogens is 1. The minimum absolute atomic E-state index is 0.0910. The Morgan fingerprint density at radius 2 is 2.04 bits per heavy atom. The average Bonchev–Trinajstić information content (AvgIpc) is 2.58. The number of carbonyl (C=O) groups is 1. The van der Waals surface area contributed by atoms with Crippen LogP contribution in [0.5, 0.6) is 5.75 Å². The Kier molecular flexibility index (Phi) is 5.22. The van der Waals surface area contributed by atoms with Gasteiger partial charge in [0.2, 0.25) is 5.89 Å². The van der Waals surface area contributed by atoms with Crippen LogP contribution >= 0.6 is 11.6 Å². The monoisotopic (exact) mass is 378 g/mol. The molecule has 0 aliphatic carbocycles. The van der Waals surface area contributed by atoms with Gasteiger partial charge in [-0.15, -0.1) is 0 Å². The Morgan fingerprint density at radius 3 is 2.81 bits per heavy atom. The van der Waals surface area contributed by atoms with Gasteiger partial charge in [-0.25, -0.2) is 4.79 Å².